The van der Waals surface area contributed by atoms with Gasteiger partial charge in [0, 0.05) is 31.0 Å². The Bertz CT molecular complexity index is 913. The highest BCUT2D eigenvalue weighted by Gasteiger charge is 2.18. The van der Waals surface area contributed by atoms with E-state index in [9.17, 15) is 8.78 Å². The van der Waals surface area contributed by atoms with Crippen molar-refractivity contribution in [1.82, 2.24) is 19.4 Å². The van der Waals surface area contributed by atoms with E-state index in [0.29, 0.717) is 29.7 Å². The fraction of sp³-hybridized carbons (Fsp3) is 0.389. The molecule has 3 aromatic rings. The van der Waals surface area contributed by atoms with Crippen LogP contribution in [0.25, 0.3) is 17.2 Å². The first-order valence-electron chi connectivity index (χ1n) is 8.53. The Balaban J connectivity index is 1.72. The van der Waals surface area contributed by atoms with Gasteiger partial charge in [0.1, 0.15) is 17.2 Å². The van der Waals surface area contributed by atoms with E-state index in [2.05, 4.69) is 26.8 Å². The molecule has 1 atom stereocenters. The summed E-state index contributed by atoms with van der Waals surface area (Å²) in [6, 6.07) is 4.81. The first-order valence-corrected chi connectivity index (χ1v) is 8.53. The highest BCUT2D eigenvalue weighted by molar-refractivity contribution is 5.59. The van der Waals surface area contributed by atoms with E-state index in [1.54, 1.807) is 22.9 Å². The van der Waals surface area contributed by atoms with E-state index >= 15 is 0 Å². The number of rotatable bonds is 3. The lowest BCUT2D eigenvalue weighted by molar-refractivity contribution is 0.129. The Morgan fingerprint density at radius 2 is 2.12 bits per heavy atom. The average molecular weight is 359 g/mol. The van der Waals surface area contributed by atoms with Crippen molar-refractivity contribution in [3.05, 3.63) is 42.4 Å². The number of imidazole rings is 1. The minimum absolute atomic E-state index is 0.0635. The molecule has 6 nitrogen and oxygen atoms in total. The molecule has 0 aliphatic carbocycles. The second-order valence-corrected chi connectivity index (χ2v) is 6.50. The maximum Gasteiger partial charge on any atom is 0.265 e. The maximum absolute atomic E-state index is 13.0. The molecule has 0 spiro atoms. The van der Waals surface area contributed by atoms with E-state index in [1.807, 2.05) is 6.07 Å². The van der Waals surface area contributed by atoms with E-state index in [-0.39, 0.29) is 5.56 Å². The Kier molecular flexibility index (Phi) is 4.50. The molecule has 8 heteroatoms. The summed E-state index contributed by atoms with van der Waals surface area (Å²) >= 11 is 0. The highest BCUT2D eigenvalue weighted by Crippen LogP contribution is 2.24. The lowest BCUT2D eigenvalue weighted by atomic mass is 10.2. The quantitative estimate of drug-likeness (QED) is 0.719. The first-order chi connectivity index (χ1) is 12.6. The van der Waals surface area contributed by atoms with Crippen molar-refractivity contribution in [3.8, 4) is 11.5 Å². The minimum Gasteiger partial charge on any atom is -0.379 e. The highest BCUT2D eigenvalue weighted by atomic mass is 19.3. The third kappa shape index (κ3) is 3.24. The number of fused-ring (bicyclic) bond motifs is 1. The molecule has 0 bridgehead atoms. The van der Waals surface area contributed by atoms with Gasteiger partial charge < -0.3 is 9.64 Å². The summed E-state index contributed by atoms with van der Waals surface area (Å²) in [5, 5.41) is 0. The van der Waals surface area contributed by atoms with Gasteiger partial charge in [-0.25, -0.2) is 23.7 Å². The van der Waals surface area contributed by atoms with Gasteiger partial charge >= 0.3 is 0 Å². The molecule has 0 amide bonds. The molecule has 136 valence electrons. The number of anilines is 1. The van der Waals surface area contributed by atoms with Crippen LogP contribution in [0.3, 0.4) is 0 Å². The molecule has 4 heterocycles. The van der Waals surface area contributed by atoms with Crippen LogP contribution in [0.4, 0.5) is 14.6 Å². The molecule has 0 aromatic carbocycles. The monoisotopic (exact) mass is 359 g/mol. The van der Waals surface area contributed by atoms with Crippen LogP contribution in [0, 0.1) is 5.92 Å². The normalized spacial score (nSPS) is 18.5. The van der Waals surface area contributed by atoms with Crippen molar-refractivity contribution in [2.45, 2.75) is 13.3 Å². The number of ether oxygens (including phenoxy) is 1. The van der Waals surface area contributed by atoms with Gasteiger partial charge in [-0.2, -0.15) is 0 Å². The van der Waals surface area contributed by atoms with Gasteiger partial charge in [-0.15, -0.1) is 0 Å². The zero-order valence-corrected chi connectivity index (χ0v) is 14.3. The van der Waals surface area contributed by atoms with Gasteiger partial charge in [0.25, 0.3) is 6.43 Å². The lowest BCUT2D eigenvalue weighted by Crippen LogP contribution is -2.29. The van der Waals surface area contributed by atoms with Gasteiger partial charge in [0.05, 0.1) is 19.4 Å². The largest absolute Gasteiger partial charge is 0.379 e. The van der Waals surface area contributed by atoms with E-state index in [0.717, 1.165) is 25.5 Å². The van der Waals surface area contributed by atoms with Crippen LogP contribution in [0.5, 0.6) is 0 Å². The molecule has 1 aliphatic heterocycles. The Labute approximate surface area is 149 Å². The topological polar surface area (TPSA) is 55.5 Å². The Morgan fingerprint density at radius 3 is 2.96 bits per heavy atom. The Morgan fingerprint density at radius 1 is 1.23 bits per heavy atom. The van der Waals surface area contributed by atoms with E-state index in [1.165, 1.54) is 12.3 Å². The molecular weight excluding hydrogens is 340 g/mol. The van der Waals surface area contributed by atoms with Crippen LogP contribution >= 0.6 is 0 Å². The summed E-state index contributed by atoms with van der Waals surface area (Å²) in [6.45, 7) is 5.12. The fourth-order valence-electron chi connectivity index (χ4n) is 3.13. The zero-order chi connectivity index (χ0) is 18.1. The number of nitrogens with zero attached hydrogens (tertiary/aromatic N) is 5. The standard InChI is InChI=1S/C18H19F2N5O/c1-12-9-24(6-7-26-11-12)16-4-5-21-18(23-16)14-8-22-15-3-2-13(17(19)20)10-25(14)15/h2-5,8,10,12,17H,6-7,9,11H2,1H3. The summed E-state index contributed by atoms with van der Waals surface area (Å²) in [5.41, 5.74) is 1.10. The molecule has 4 rings (SSSR count). The number of aromatic nitrogens is 4. The van der Waals surface area contributed by atoms with Crippen molar-refractivity contribution in [2.24, 2.45) is 5.92 Å². The summed E-state index contributed by atoms with van der Waals surface area (Å²) in [7, 11) is 0. The maximum atomic E-state index is 13.0. The van der Waals surface area contributed by atoms with Crippen molar-refractivity contribution in [2.75, 3.05) is 31.2 Å². The third-order valence-electron chi connectivity index (χ3n) is 4.41. The molecule has 26 heavy (non-hydrogen) atoms. The molecular formula is C18H19F2N5O. The van der Waals surface area contributed by atoms with Crippen molar-refractivity contribution in [1.29, 1.82) is 0 Å². The van der Waals surface area contributed by atoms with Gasteiger partial charge in [-0.1, -0.05) is 6.92 Å². The molecule has 1 fully saturated rings. The van der Waals surface area contributed by atoms with Crippen LogP contribution in [0.2, 0.25) is 0 Å². The lowest BCUT2D eigenvalue weighted by Gasteiger charge is -2.23. The smallest absolute Gasteiger partial charge is 0.265 e. The van der Waals surface area contributed by atoms with E-state index in [4.69, 9.17) is 4.74 Å². The number of hydrogen-bond acceptors (Lipinski definition) is 5. The van der Waals surface area contributed by atoms with Gasteiger partial charge in [-0.05, 0) is 24.1 Å². The van der Waals surface area contributed by atoms with Gasteiger partial charge in [0.15, 0.2) is 5.82 Å². The molecule has 1 aliphatic rings. The molecule has 1 unspecified atom stereocenters. The van der Waals surface area contributed by atoms with Crippen molar-refractivity contribution >= 4 is 11.5 Å². The minimum atomic E-state index is -2.54. The van der Waals surface area contributed by atoms with Crippen LogP contribution in [0.1, 0.15) is 18.9 Å². The Hall–Kier alpha value is -2.61. The number of pyridine rings is 1. The SMILES string of the molecule is CC1COCCN(c2ccnc(-c3cnc4ccc(C(F)F)cn34)n2)C1. The van der Waals surface area contributed by atoms with Crippen molar-refractivity contribution < 1.29 is 13.5 Å². The van der Waals surface area contributed by atoms with Gasteiger partial charge in [-0.3, -0.25) is 4.40 Å². The third-order valence-corrected chi connectivity index (χ3v) is 4.41. The summed E-state index contributed by atoms with van der Waals surface area (Å²) < 4.78 is 33.3. The van der Waals surface area contributed by atoms with Crippen LogP contribution in [-0.4, -0.2) is 45.7 Å². The van der Waals surface area contributed by atoms with Gasteiger partial charge in [0.2, 0.25) is 0 Å². The first kappa shape index (κ1) is 16.8. The van der Waals surface area contributed by atoms with Crippen LogP contribution < -0.4 is 4.90 Å². The summed E-state index contributed by atoms with van der Waals surface area (Å²) in [6.07, 6.45) is 2.14. The second kappa shape index (κ2) is 6.95. The summed E-state index contributed by atoms with van der Waals surface area (Å²) in [5.74, 6) is 1.66. The molecule has 3 aromatic heterocycles. The zero-order valence-electron chi connectivity index (χ0n) is 14.3. The summed E-state index contributed by atoms with van der Waals surface area (Å²) in [4.78, 5) is 15.4. The molecule has 0 radical (unpaired) electrons. The predicted octanol–water partition coefficient (Wildman–Crippen LogP) is 3.20. The number of halogens is 2. The van der Waals surface area contributed by atoms with E-state index < -0.39 is 6.43 Å². The van der Waals surface area contributed by atoms with Crippen LogP contribution in [0.15, 0.2) is 36.8 Å². The fourth-order valence-corrected chi connectivity index (χ4v) is 3.13. The van der Waals surface area contributed by atoms with Crippen LogP contribution in [-0.2, 0) is 4.74 Å². The average Bonchev–Trinajstić information content (AvgIpc) is 2.95. The number of hydrogen-bond donors (Lipinski definition) is 0. The molecule has 1 saturated heterocycles. The second-order valence-electron chi connectivity index (χ2n) is 6.50. The predicted molar refractivity (Wildman–Crippen MR) is 93.4 cm³/mol. The molecule has 0 saturated carbocycles. The number of alkyl halides is 2. The molecule has 0 N–H and O–H groups in total. The van der Waals surface area contributed by atoms with Crippen molar-refractivity contribution in [3.63, 3.8) is 0 Å².